The van der Waals surface area contributed by atoms with Crippen molar-refractivity contribution in [2.75, 3.05) is 5.32 Å². The number of allylic oxidation sites excluding steroid dienone is 1. The van der Waals surface area contributed by atoms with E-state index in [1.54, 1.807) is 37.3 Å². The number of carbonyl (C=O) groups is 2. The highest BCUT2D eigenvalue weighted by Gasteiger charge is 2.20. The summed E-state index contributed by atoms with van der Waals surface area (Å²) >= 11 is 0. The van der Waals surface area contributed by atoms with Gasteiger partial charge in [-0.05, 0) is 55.3 Å². The SMILES string of the molecule is CC=CC(=O)Nc1ccc(-n2nnc(C(=O)NC3CCCC3)n2)cc1. The van der Waals surface area contributed by atoms with Crippen LogP contribution in [0, 0.1) is 0 Å². The van der Waals surface area contributed by atoms with E-state index in [-0.39, 0.29) is 23.7 Å². The molecule has 2 amide bonds. The molecule has 1 aliphatic carbocycles. The molecule has 0 spiro atoms. The third kappa shape index (κ3) is 4.28. The van der Waals surface area contributed by atoms with Crippen LogP contribution in [0.3, 0.4) is 0 Å². The van der Waals surface area contributed by atoms with Gasteiger partial charge in [0, 0.05) is 11.7 Å². The number of rotatable bonds is 5. The zero-order valence-electron chi connectivity index (χ0n) is 14.0. The predicted octanol–water partition coefficient (Wildman–Crippen LogP) is 1.85. The van der Waals surface area contributed by atoms with Gasteiger partial charge in [0.05, 0.1) is 5.69 Å². The standard InChI is InChI=1S/C17H20N6O2/c1-2-5-15(24)18-13-8-10-14(11-9-13)23-21-16(20-22-23)17(25)19-12-6-3-4-7-12/h2,5,8-12H,3-4,6-7H2,1H3,(H,18,24)(H,19,25). The summed E-state index contributed by atoms with van der Waals surface area (Å²) in [6.07, 6.45) is 7.40. The Bertz CT molecular complexity index is 775. The molecule has 0 bridgehead atoms. The van der Waals surface area contributed by atoms with Crippen LogP contribution in [0.5, 0.6) is 0 Å². The van der Waals surface area contributed by atoms with Crippen molar-refractivity contribution in [2.45, 2.75) is 38.6 Å². The first-order chi connectivity index (χ1) is 12.2. The molecule has 1 aromatic carbocycles. The van der Waals surface area contributed by atoms with Crippen molar-refractivity contribution in [2.24, 2.45) is 0 Å². The summed E-state index contributed by atoms with van der Waals surface area (Å²) in [4.78, 5) is 24.9. The molecular formula is C17H20N6O2. The highest BCUT2D eigenvalue weighted by Crippen LogP contribution is 2.18. The Hall–Kier alpha value is -3.03. The normalized spacial score (nSPS) is 14.8. The summed E-state index contributed by atoms with van der Waals surface area (Å²) in [5.41, 5.74) is 1.31. The Balaban J connectivity index is 1.65. The summed E-state index contributed by atoms with van der Waals surface area (Å²) in [5, 5.41) is 17.5. The van der Waals surface area contributed by atoms with E-state index in [1.807, 2.05) is 0 Å². The summed E-state index contributed by atoms with van der Waals surface area (Å²) < 4.78 is 0. The number of nitrogens with one attached hydrogen (secondary N) is 2. The second-order valence-electron chi connectivity index (χ2n) is 5.89. The van der Waals surface area contributed by atoms with Gasteiger partial charge in [-0.3, -0.25) is 9.59 Å². The maximum atomic E-state index is 12.1. The number of benzene rings is 1. The third-order valence-corrected chi connectivity index (χ3v) is 3.99. The lowest BCUT2D eigenvalue weighted by atomic mass is 10.2. The first-order valence-electron chi connectivity index (χ1n) is 8.30. The molecule has 2 N–H and O–H groups in total. The smallest absolute Gasteiger partial charge is 0.293 e. The van der Waals surface area contributed by atoms with Gasteiger partial charge < -0.3 is 10.6 Å². The number of tetrazole rings is 1. The maximum Gasteiger partial charge on any atom is 0.293 e. The molecule has 0 aliphatic heterocycles. The predicted molar refractivity (Wildman–Crippen MR) is 92.3 cm³/mol. The molecule has 8 nitrogen and oxygen atoms in total. The van der Waals surface area contributed by atoms with E-state index in [0.29, 0.717) is 11.4 Å². The molecule has 0 atom stereocenters. The van der Waals surface area contributed by atoms with Gasteiger partial charge in [0.15, 0.2) is 0 Å². The van der Waals surface area contributed by atoms with Crippen LogP contribution >= 0.6 is 0 Å². The fourth-order valence-corrected chi connectivity index (χ4v) is 2.75. The molecule has 25 heavy (non-hydrogen) atoms. The zero-order chi connectivity index (χ0) is 17.6. The lowest BCUT2D eigenvalue weighted by molar-refractivity contribution is -0.111. The Morgan fingerprint density at radius 3 is 2.60 bits per heavy atom. The minimum Gasteiger partial charge on any atom is -0.346 e. The Kier molecular flexibility index (Phi) is 5.17. The first kappa shape index (κ1) is 16.8. The molecule has 3 rings (SSSR count). The molecule has 1 heterocycles. The van der Waals surface area contributed by atoms with Gasteiger partial charge >= 0.3 is 0 Å². The molecule has 2 aromatic rings. The van der Waals surface area contributed by atoms with Crippen LogP contribution in [-0.4, -0.2) is 38.1 Å². The van der Waals surface area contributed by atoms with Gasteiger partial charge in [-0.2, -0.15) is 0 Å². The van der Waals surface area contributed by atoms with E-state index in [0.717, 1.165) is 25.7 Å². The van der Waals surface area contributed by atoms with Crippen molar-refractivity contribution in [1.82, 2.24) is 25.5 Å². The highest BCUT2D eigenvalue weighted by atomic mass is 16.2. The summed E-state index contributed by atoms with van der Waals surface area (Å²) in [7, 11) is 0. The minimum absolute atomic E-state index is 0.0531. The molecular weight excluding hydrogens is 320 g/mol. The first-order valence-corrected chi connectivity index (χ1v) is 8.30. The second kappa shape index (κ2) is 7.69. The Morgan fingerprint density at radius 2 is 1.92 bits per heavy atom. The molecule has 0 unspecified atom stereocenters. The Morgan fingerprint density at radius 1 is 1.20 bits per heavy atom. The summed E-state index contributed by atoms with van der Waals surface area (Å²) in [6, 6.07) is 7.16. The third-order valence-electron chi connectivity index (χ3n) is 3.99. The lowest BCUT2D eigenvalue weighted by Crippen LogP contribution is -2.33. The van der Waals surface area contributed by atoms with Gasteiger partial charge in [-0.15, -0.1) is 15.0 Å². The van der Waals surface area contributed by atoms with Crippen molar-refractivity contribution < 1.29 is 9.59 Å². The summed E-state index contributed by atoms with van der Waals surface area (Å²) in [5.74, 6) is -0.439. The van der Waals surface area contributed by atoms with Gasteiger partial charge in [-0.25, -0.2) is 0 Å². The van der Waals surface area contributed by atoms with Gasteiger partial charge in [0.1, 0.15) is 0 Å². The molecule has 1 saturated carbocycles. The maximum absolute atomic E-state index is 12.1. The molecule has 8 heteroatoms. The fraction of sp³-hybridized carbons (Fsp3) is 0.353. The minimum atomic E-state index is -0.298. The van der Waals surface area contributed by atoms with Crippen molar-refractivity contribution in [3.8, 4) is 5.69 Å². The monoisotopic (exact) mass is 340 g/mol. The summed E-state index contributed by atoms with van der Waals surface area (Å²) in [6.45, 7) is 1.78. The topological polar surface area (TPSA) is 102 Å². The number of hydrogen-bond acceptors (Lipinski definition) is 5. The molecule has 1 aromatic heterocycles. The average Bonchev–Trinajstić information content (AvgIpc) is 3.27. The number of anilines is 1. The number of amides is 2. The van der Waals surface area contributed by atoms with Crippen LogP contribution in [0.15, 0.2) is 36.4 Å². The molecule has 1 aliphatic rings. The van der Waals surface area contributed by atoms with E-state index in [1.165, 1.54) is 10.9 Å². The Labute approximate surface area is 145 Å². The van der Waals surface area contributed by atoms with Crippen molar-refractivity contribution in [3.05, 3.63) is 42.2 Å². The van der Waals surface area contributed by atoms with Gasteiger partial charge in [0.2, 0.25) is 5.91 Å². The average molecular weight is 340 g/mol. The van der Waals surface area contributed by atoms with E-state index in [9.17, 15) is 9.59 Å². The number of carbonyl (C=O) groups excluding carboxylic acids is 2. The molecule has 1 fully saturated rings. The number of hydrogen-bond donors (Lipinski definition) is 2. The van der Waals surface area contributed by atoms with Crippen LogP contribution in [0.2, 0.25) is 0 Å². The molecule has 0 radical (unpaired) electrons. The quantitative estimate of drug-likeness (QED) is 0.809. The number of aromatic nitrogens is 4. The van der Waals surface area contributed by atoms with Crippen LogP contribution in [0.4, 0.5) is 5.69 Å². The van der Waals surface area contributed by atoms with E-state index in [2.05, 4.69) is 26.0 Å². The lowest BCUT2D eigenvalue weighted by Gasteiger charge is -2.08. The van der Waals surface area contributed by atoms with Gasteiger partial charge in [-0.1, -0.05) is 18.9 Å². The zero-order valence-corrected chi connectivity index (χ0v) is 14.0. The van der Waals surface area contributed by atoms with Crippen LogP contribution in [0.1, 0.15) is 43.2 Å². The van der Waals surface area contributed by atoms with E-state index >= 15 is 0 Å². The van der Waals surface area contributed by atoms with Crippen LogP contribution in [-0.2, 0) is 4.79 Å². The number of nitrogens with zero attached hydrogens (tertiary/aromatic N) is 4. The molecule has 130 valence electrons. The van der Waals surface area contributed by atoms with Gasteiger partial charge in [0.25, 0.3) is 11.7 Å². The largest absolute Gasteiger partial charge is 0.346 e. The molecule has 0 saturated heterocycles. The van der Waals surface area contributed by atoms with Crippen molar-refractivity contribution in [3.63, 3.8) is 0 Å². The van der Waals surface area contributed by atoms with Crippen LogP contribution < -0.4 is 10.6 Å². The van der Waals surface area contributed by atoms with Crippen LogP contribution in [0.25, 0.3) is 5.69 Å². The van der Waals surface area contributed by atoms with Crippen molar-refractivity contribution >= 4 is 17.5 Å². The van der Waals surface area contributed by atoms with E-state index < -0.39 is 0 Å². The van der Waals surface area contributed by atoms with Crippen molar-refractivity contribution in [1.29, 1.82) is 0 Å². The highest BCUT2D eigenvalue weighted by molar-refractivity contribution is 5.99. The fourth-order valence-electron chi connectivity index (χ4n) is 2.75. The van der Waals surface area contributed by atoms with E-state index in [4.69, 9.17) is 0 Å². The second-order valence-corrected chi connectivity index (χ2v) is 5.89.